The third-order valence-corrected chi connectivity index (χ3v) is 3.46. The maximum atomic E-state index is 11.8. The standard InChI is InChI=1S/C14H28N2O2/c1-3-5-6-7-8-10-16-11-9-15-12-13(16)14(17)18-4-2/h13,15H,3-12H2,1-2H3. The summed E-state index contributed by atoms with van der Waals surface area (Å²) in [4.78, 5) is 14.1. The van der Waals surface area contributed by atoms with Crippen LogP contribution < -0.4 is 5.32 Å². The van der Waals surface area contributed by atoms with Crippen molar-refractivity contribution in [1.82, 2.24) is 10.2 Å². The first kappa shape index (κ1) is 15.4. The van der Waals surface area contributed by atoms with Crippen LogP contribution >= 0.6 is 0 Å². The van der Waals surface area contributed by atoms with Gasteiger partial charge in [0.15, 0.2) is 0 Å². The fraction of sp³-hybridized carbons (Fsp3) is 0.929. The molecule has 1 fully saturated rings. The lowest BCUT2D eigenvalue weighted by molar-refractivity contribution is -0.150. The Bertz CT molecular complexity index is 234. The van der Waals surface area contributed by atoms with Gasteiger partial charge in [0.05, 0.1) is 6.61 Å². The number of carbonyl (C=O) groups is 1. The zero-order valence-corrected chi connectivity index (χ0v) is 11.9. The largest absolute Gasteiger partial charge is 0.465 e. The molecule has 18 heavy (non-hydrogen) atoms. The molecular weight excluding hydrogens is 228 g/mol. The maximum absolute atomic E-state index is 11.8. The van der Waals surface area contributed by atoms with E-state index in [0.717, 1.165) is 26.2 Å². The van der Waals surface area contributed by atoms with E-state index in [2.05, 4.69) is 17.1 Å². The van der Waals surface area contributed by atoms with Crippen LogP contribution in [0.5, 0.6) is 0 Å². The van der Waals surface area contributed by atoms with Crippen molar-refractivity contribution >= 4 is 5.97 Å². The molecular formula is C14H28N2O2. The summed E-state index contributed by atoms with van der Waals surface area (Å²) in [5.74, 6) is -0.0711. The smallest absolute Gasteiger partial charge is 0.324 e. The Morgan fingerprint density at radius 2 is 2.06 bits per heavy atom. The lowest BCUT2D eigenvalue weighted by Gasteiger charge is -2.34. The van der Waals surface area contributed by atoms with Gasteiger partial charge < -0.3 is 10.1 Å². The SMILES string of the molecule is CCCCCCCN1CCNCC1C(=O)OCC. The predicted molar refractivity (Wildman–Crippen MR) is 73.6 cm³/mol. The van der Waals surface area contributed by atoms with Gasteiger partial charge in [-0.1, -0.05) is 32.6 Å². The van der Waals surface area contributed by atoms with Gasteiger partial charge in [-0.15, -0.1) is 0 Å². The van der Waals surface area contributed by atoms with Crippen LogP contribution in [-0.4, -0.2) is 49.7 Å². The minimum atomic E-state index is -0.0788. The lowest BCUT2D eigenvalue weighted by atomic mass is 10.1. The number of carbonyl (C=O) groups excluding carboxylic acids is 1. The molecule has 0 bridgehead atoms. The molecule has 0 aromatic heterocycles. The molecule has 0 aromatic carbocycles. The van der Waals surface area contributed by atoms with Gasteiger partial charge in [0, 0.05) is 19.6 Å². The van der Waals surface area contributed by atoms with Crippen LogP contribution in [0.1, 0.15) is 46.0 Å². The van der Waals surface area contributed by atoms with E-state index in [9.17, 15) is 4.79 Å². The number of hydrogen-bond donors (Lipinski definition) is 1. The predicted octanol–water partition coefficient (Wildman–Crippen LogP) is 1.79. The molecule has 1 atom stereocenters. The monoisotopic (exact) mass is 256 g/mol. The fourth-order valence-corrected chi connectivity index (χ4v) is 2.40. The highest BCUT2D eigenvalue weighted by Crippen LogP contribution is 2.09. The molecule has 0 amide bonds. The second-order valence-electron chi connectivity index (χ2n) is 4.92. The quantitative estimate of drug-likeness (QED) is 0.531. The van der Waals surface area contributed by atoms with Gasteiger partial charge in [0.2, 0.25) is 0 Å². The van der Waals surface area contributed by atoms with Crippen LogP contribution in [-0.2, 0) is 9.53 Å². The number of nitrogens with zero attached hydrogens (tertiary/aromatic N) is 1. The maximum Gasteiger partial charge on any atom is 0.324 e. The summed E-state index contributed by atoms with van der Waals surface area (Å²) in [6, 6.07) is -0.0788. The van der Waals surface area contributed by atoms with E-state index in [4.69, 9.17) is 4.74 Å². The first-order valence-corrected chi connectivity index (χ1v) is 7.41. The summed E-state index contributed by atoms with van der Waals surface area (Å²) < 4.78 is 5.14. The Labute approximate surface area is 111 Å². The Kier molecular flexibility index (Phi) is 8.01. The van der Waals surface area contributed by atoms with E-state index < -0.39 is 0 Å². The molecule has 1 saturated heterocycles. The van der Waals surface area contributed by atoms with Gasteiger partial charge in [-0.2, -0.15) is 0 Å². The summed E-state index contributed by atoms with van der Waals surface area (Å²) in [5.41, 5.74) is 0. The van der Waals surface area contributed by atoms with Gasteiger partial charge in [-0.25, -0.2) is 0 Å². The number of unbranched alkanes of at least 4 members (excludes halogenated alkanes) is 4. The van der Waals surface area contributed by atoms with Crippen LogP contribution in [0.15, 0.2) is 0 Å². The third kappa shape index (κ3) is 5.36. The van der Waals surface area contributed by atoms with E-state index in [1.807, 2.05) is 6.92 Å². The zero-order chi connectivity index (χ0) is 13.2. The number of hydrogen-bond acceptors (Lipinski definition) is 4. The molecule has 0 aromatic rings. The zero-order valence-electron chi connectivity index (χ0n) is 11.9. The third-order valence-electron chi connectivity index (χ3n) is 3.46. The molecule has 1 unspecified atom stereocenters. The van der Waals surface area contributed by atoms with E-state index in [1.54, 1.807) is 0 Å². The van der Waals surface area contributed by atoms with E-state index in [1.165, 1.54) is 32.1 Å². The highest BCUT2D eigenvalue weighted by molar-refractivity contribution is 5.76. The van der Waals surface area contributed by atoms with Crippen LogP contribution in [0.25, 0.3) is 0 Å². The molecule has 0 aliphatic carbocycles. The summed E-state index contributed by atoms with van der Waals surface area (Å²) >= 11 is 0. The lowest BCUT2D eigenvalue weighted by Crippen LogP contribution is -2.55. The molecule has 1 rings (SSSR count). The highest BCUT2D eigenvalue weighted by atomic mass is 16.5. The van der Waals surface area contributed by atoms with Gasteiger partial charge in [0.25, 0.3) is 0 Å². The molecule has 4 heteroatoms. The second-order valence-corrected chi connectivity index (χ2v) is 4.92. The molecule has 1 aliphatic heterocycles. The minimum absolute atomic E-state index is 0.0711. The fourth-order valence-electron chi connectivity index (χ4n) is 2.40. The average molecular weight is 256 g/mol. The van der Waals surface area contributed by atoms with Crippen molar-refractivity contribution in [2.75, 3.05) is 32.8 Å². The van der Waals surface area contributed by atoms with Crippen molar-refractivity contribution in [2.45, 2.75) is 52.0 Å². The number of esters is 1. The molecule has 0 saturated carbocycles. The molecule has 0 radical (unpaired) electrons. The van der Waals surface area contributed by atoms with Crippen molar-refractivity contribution in [1.29, 1.82) is 0 Å². The number of ether oxygens (including phenoxy) is 1. The average Bonchev–Trinajstić information content (AvgIpc) is 2.39. The van der Waals surface area contributed by atoms with Gasteiger partial charge in [0.1, 0.15) is 6.04 Å². The summed E-state index contributed by atoms with van der Waals surface area (Å²) in [7, 11) is 0. The second kappa shape index (κ2) is 9.34. The van der Waals surface area contributed by atoms with Crippen LogP contribution in [0.4, 0.5) is 0 Å². The topological polar surface area (TPSA) is 41.6 Å². The van der Waals surface area contributed by atoms with Crippen molar-refractivity contribution < 1.29 is 9.53 Å². The van der Waals surface area contributed by atoms with Crippen LogP contribution in [0.3, 0.4) is 0 Å². The molecule has 0 spiro atoms. The van der Waals surface area contributed by atoms with Crippen molar-refractivity contribution in [3.05, 3.63) is 0 Å². The summed E-state index contributed by atoms with van der Waals surface area (Å²) in [5, 5.41) is 3.27. The number of nitrogens with one attached hydrogen (secondary N) is 1. The Morgan fingerprint density at radius 3 is 2.78 bits per heavy atom. The minimum Gasteiger partial charge on any atom is -0.465 e. The molecule has 106 valence electrons. The number of rotatable bonds is 8. The van der Waals surface area contributed by atoms with Crippen LogP contribution in [0, 0.1) is 0 Å². The Hall–Kier alpha value is -0.610. The number of piperazine rings is 1. The normalized spacial score (nSPS) is 20.9. The van der Waals surface area contributed by atoms with E-state index >= 15 is 0 Å². The van der Waals surface area contributed by atoms with Crippen molar-refractivity contribution in [2.24, 2.45) is 0 Å². The Morgan fingerprint density at radius 1 is 1.28 bits per heavy atom. The van der Waals surface area contributed by atoms with Crippen LogP contribution in [0.2, 0.25) is 0 Å². The van der Waals surface area contributed by atoms with Gasteiger partial charge in [-0.3, -0.25) is 9.69 Å². The first-order valence-electron chi connectivity index (χ1n) is 7.41. The van der Waals surface area contributed by atoms with Crippen molar-refractivity contribution in [3.8, 4) is 0 Å². The highest BCUT2D eigenvalue weighted by Gasteiger charge is 2.28. The molecule has 4 nitrogen and oxygen atoms in total. The molecule has 1 heterocycles. The summed E-state index contributed by atoms with van der Waals surface area (Å²) in [6.45, 7) is 8.25. The van der Waals surface area contributed by atoms with Crippen molar-refractivity contribution in [3.63, 3.8) is 0 Å². The van der Waals surface area contributed by atoms with E-state index in [-0.39, 0.29) is 12.0 Å². The Balaban J connectivity index is 2.28. The van der Waals surface area contributed by atoms with Gasteiger partial charge >= 0.3 is 5.97 Å². The summed E-state index contributed by atoms with van der Waals surface area (Å²) in [6.07, 6.45) is 6.37. The molecule has 1 aliphatic rings. The van der Waals surface area contributed by atoms with Gasteiger partial charge in [-0.05, 0) is 19.9 Å². The van der Waals surface area contributed by atoms with E-state index in [0.29, 0.717) is 6.61 Å². The first-order chi connectivity index (χ1) is 8.79. The molecule has 1 N–H and O–H groups in total.